The van der Waals surface area contributed by atoms with E-state index in [4.69, 9.17) is 31.2 Å². The summed E-state index contributed by atoms with van der Waals surface area (Å²) < 4.78 is 17.5. The molecule has 0 bridgehead atoms. The van der Waals surface area contributed by atoms with E-state index in [-0.39, 0.29) is 5.95 Å². The third-order valence-electron chi connectivity index (χ3n) is 5.04. The van der Waals surface area contributed by atoms with Crippen molar-refractivity contribution in [3.05, 3.63) is 65.8 Å². The van der Waals surface area contributed by atoms with Crippen molar-refractivity contribution in [2.75, 3.05) is 40.1 Å². The number of benzene rings is 2. The lowest BCUT2D eigenvalue weighted by molar-refractivity contribution is 0.261. The Morgan fingerprint density at radius 3 is 2.48 bits per heavy atom. The number of nitrogens with two attached hydrogens (primary N) is 1. The zero-order valence-electron chi connectivity index (χ0n) is 18.7. The molecule has 0 saturated carbocycles. The number of furan rings is 1. The summed E-state index contributed by atoms with van der Waals surface area (Å²) >= 11 is 6.22. The molecule has 2 aromatic heterocycles. The molecule has 7 nitrogen and oxygen atoms in total. The normalized spacial score (nSPS) is 11.1. The summed E-state index contributed by atoms with van der Waals surface area (Å²) in [6, 6.07) is 17.0. The number of aromatic nitrogens is 2. The Balaban J connectivity index is 1.72. The van der Waals surface area contributed by atoms with Crippen molar-refractivity contribution in [2.24, 2.45) is 0 Å². The Hall–Kier alpha value is -3.55. The fourth-order valence-electron chi connectivity index (χ4n) is 3.32. The summed E-state index contributed by atoms with van der Waals surface area (Å²) in [6.07, 6.45) is 1.62. The van der Waals surface area contributed by atoms with Gasteiger partial charge < -0.3 is 24.5 Å². The third-order valence-corrected chi connectivity index (χ3v) is 5.35. The standard InChI is InChI=1S/C25H25ClN4O3/c1-30(2)12-13-32-18-7-4-16(5-8-18)22-15-19(21-10-11-28-25(27)29-21)24(33-22)17-6-9-20(26)23(14-17)31-3/h4-11,14-15H,12-13H2,1-3H3,(H2,27,28,29). The monoisotopic (exact) mass is 464 g/mol. The Labute approximate surface area is 197 Å². The lowest BCUT2D eigenvalue weighted by Gasteiger charge is -2.11. The van der Waals surface area contributed by atoms with Crippen molar-refractivity contribution in [2.45, 2.75) is 0 Å². The first kappa shape index (κ1) is 22.6. The summed E-state index contributed by atoms with van der Waals surface area (Å²) in [7, 11) is 5.60. The van der Waals surface area contributed by atoms with Crippen LogP contribution in [0.15, 0.2) is 65.2 Å². The van der Waals surface area contributed by atoms with Gasteiger partial charge in [0.05, 0.1) is 17.8 Å². The van der Waals surface area contributed by atoms with Gasteiger partial charge in [0.25, 0.3) is 0 Å². The van der Waals surface area contributed by atoms with Crippen LogP contribution >= 0.6 is 11.6 Å². The van der Waals surface area contributed by atoms with Gasteiger partial charge in [0.2, 0.25) is 5.95 Å². The molecule has 0 fully saturated rings. The van der Waals surface area contributed by atoms with Gasteiger partial charge in [-0.25, -0.2) is 9.97 Å². The number of halogens is 1. The molecule has 2 N–H and O–H groups in total. The molecule has 0 aliphatic heterocycles. The molecule has 2 aromatic carbocycles. The number of hydrogen-bond acceptors (Lipinski definition) is 7. The van der Waals surface area contributed by atoms with E-state index in [2.05, 4.69) is 14.9 Å². The maximum absolute atomic E-state index is 6.33. The van der Waals surface area contributed by atoms with Crippen molar-refractivity contribution in [3.63, 3.8) is 0 Å². The van der Waals surface area contributed by atoms with Gasteiger partial charge in [0, 0.05) is 29.4 Å². The molecular formula is C25H25ClN4O3. The lowest BCUT2D eigenvalue weighted by Crippen LogP contribution is -2.19. The molecule has 0 aliphatic carbocycles. The van der Waals surface area contributed by atoms with Gasteiger partial charge in [-0.1, -0.05) is 11.6 Å². The minimum Gasteiger partial charge on any atom is -0.495 e. The predicted molar refractivity (Wildman–Crippen MR) is 131 cm³/mol. The first-order valence-corrected chi connectivity index (χ1v) is 10.8. The predicted octanol–water partition coefficient (Wildman–Crippen LogP) is 5.26. The average Bonchev–Trinajstić information content (AvgIpc) is 3.25. The number of nitrogen functional groups attached to an aromatic ring is 1. The van der Waals surface area contributed by atoms with E-state index < -0.39 is 0 Å². The first-order chi connectivity index (χ1) is 15.9. The molecule has 0 unspecified atom stereocenters. The molecule has 0 radical (unpaired) electrons. The van der Waals surface area contributed by atoms with Gasteiger partial charge in [-0.3, -0.25) is 0 Å². The topological polar surface area (TPSA) is 86.6 Å². The zero-order chi connectivity index (χ0) is 23.4. The molecule has 0 atom stereocenters. The molecule has 4 rings (SSSR count). The van der Waals surface area contributed by atoms with E-state index in [9.17, 15) is 0 Å². The maximum Gasteiger partial charge on any atom is 0.220 e. The zero-order valence-corrected chi connectivity index (χ0v) is 19.5. The summed E-state index contributed by atoms with van der Waals surface area (Å²) in [4.78, 5) is 10.5. The number of anilines is 1. The maximum atomic E-state index is 6.33. The van der Waals surface area contributed by atoms with Crippen LogP contribution in [0.1, 0.15) is 0 Å². The Morgan fingerprint density at radius 2 is 1.79 bits per heavy atom. The molecule has 33 heavy (non-hydrogen) atoms. The van der Waals surface area contributed by atoms with Crippen LogP contribution in [0.4, 0.5) is 5.95 Å². The Kier molecular flexibility index (Phi) is 6.82. The fraction of sp³-hybridized carbons (Fsp3) is 0.200. The molecular weight excluding hydrogens is 440 g/mol. The van der Waals surface area contributed by atoms with Crippen LogP contribution in [0.25, 0.3) is 33.9 Å². The van der Waals surface area contributed by atoms with Gasteiger partial charge in [-0.15, -0.1) is 0 Å². The van der Waals surface area contributed by atoms with Crippen LogP contribution in [-0.2, 0) is 0 Å². The van der Waals surface area contributed by atoms with Crippen LogP contribution < -0.4 is 15.2 Å². The highest BCUT2D eigenvalue weighted by atomic mass is 35.5. The van der Waals surface area contributed by atoms with Crippen molar-refractivity contribution in [1.82, 2.24) is 14.9 Å². The Morgan fingerprint density at radius 1 is 1.03 bits per heavy atom. The number of rotatable bonds is 8. The molecule has 4 aromatic rings. The van der Waals surface area contributed by atoms with Crippen LogP contribution in [-0.4, -0.2) is 49.2 Å². The van der Waals surface area contributed by atoms with Crippen LogP contribution in [0, 0.1) is 0 Å². The molecule has 0 saturated heterocycles. The van der Waals surface area contributed by atoms with E-state index in [0.29, 0.717) is 34.6 Å². The van der Waals surface area contributed by atoms with Crippen LogP contribution in [0.5, 0.6) is 11.5 Å². The third kappa shape index (κ3) is 5.27. The number of methoxy groups -OCH3 is 1. The van der Waals surface area contributed by atoms with Crippen molar-refractivity contribution in [1.29, 1.82) is 0 Å². The SMILES string of the molecule is COc1cc(-c2oc(-c3ccc(OCCN(C)C)cc3)cc2-c2ccnc(N)n2)ccc1Cl. The van der Waals surface area contributed by atoms with E-state index in [1.807, 2.05) is 56.6 Å². The van der Waals surface area contributed by atoms with E-state index >= 15 is 0 Å². The highest BCUT2D eigenvalue weighted by molar-refractivity contribution is 6.32. The Bertz CT molecular complexity index is 1240. The van der Waals surface area contributed by atoms with Crippen molar-refractivity contribution < 1.29 is 13.9 Å². The van der Waals surface area contributed by atoms with Gasteiger partial charge in [0.15, 0.2) is 0 Å². The highest BCUT2D eigenvalue weighted by Crippen LogP contribution is 2.40. The minimum atomic E-state index is 0.189. The number of hydrogen-bond donors (Lipinski definition) is 1. The molecule has 8 heteroatoms. The van der Waals surface area contributed by atoms with Gasteiger partial charge in [0.1, 0.15) is 29.6 Å². The van der Waals surface area contributed by atoms with Crippen molar-refractivity contribution in [3.8, 4) is 45.4 Å². The number of ether oxygens (including phenoxy) is 2. The van der Waals surface area contributed by atoms with E-state index in [0.717, 1.165) is 29.0 Å². The number of likely N-dealkylation sites (N-methyl/N-ethyl adjacent to an activating group) is 1. The smallest absolute Gasteiger partial charge is 0.220 e. The fourth-order valence-corrected chi connectivity index (χ4v) is 3.52. The van der Waals surface area contributed by atoms with E-state index in [1.54, 1.807) is 25.4 Å². The quantitative estimate of drug-likeness (QED) is 0.380. The van der Waals surface area contributed by atoms with Crippen molar-refractivity contribution >= 4 is 17.5 Å². The van der Waals surface area contributed by atoms with Gasteiger partial charge in [-0.2, -0.15) is 0 Å². The molecule has 0 spiro atoms. The highest BCUT2D eigenvalue weighted by Gasteiger charge is 2.19. The number of nitrogens with zero attached hydrogens (tertiary/aromatic N) is 3. The van der Waals surface area contributed by atoms with Gasteiger partial charge in [-0.05, 0) is 68.7 Å². The van der Waals surface area contributed by atoms with Crippen LogP contribution in [0.3, 0.4) is 0 Å². The summed E-state index contributed by atoms with van der Waals surface area (Å²) in [5, 5.41) is 0.519. The van der Waals surface area contributed by atoms with Crippen LogP contribution in [0.2, 0.25) is 5.02 Å². The summed E-state index contributed by atoms with van der Waals surface area (Å²) in [6.45, 7) is 1.47. The largest absolute Gasteiger partial charge is 0.495 e. The minimum absolute atomic E-state index is 0.189. The second-order valence-electron chi connectivity index (χ2n) is 7.68. The molecule has 0 aliphatic rings. The second-order valence-corrected chi connectivity index (χ2v) is 8.09. The van der Waals surface area contributed by atoms with E-state index in [1.165, 1.54) is 0 Å². The summed E-state index contributed by atoms with van der Waals surface area (Å²) in [5.74, 6) is 2.86. The lowest BCUT2D eigenvalue weighted by atomic mass is 10.0. The second kappa shape index (κ2) is 9.94. The molecule has 0 amide bonds. The molecule has 170 valence electrons. The molecule has 2 heterocycles. The average molecular weight is 465 g/mol. The van der Waals surface area contributed by atoms with Gasteiger partial charge >= 0.3 is 0 Å². The summed E-state index contributed by atoms with van der Waals surface area (Å²) in [5.41, 5.74) is 8.99. The first-order valence-electron chi connectivity index (χ1n) is 10.4.